The van der Waals surface area contributed by atoms with E-state index in [1.165, 1.54) is 0 Å². The Bertz CT molecular complexity index is 1050. The van der Waals surface area contributed by atoms with Crippen molar-refractivity contribution in [3.63, 3.8) is 0 Å². The molecule has 1 aromatic heterocycles. The smallest absolute Gasteiger partial charge is 0.408 e. The van der Waals surface area contributed by atoms with Crippen molar-refractivity contribution in [1.29, 1.82) is 0 Å². The van der Waals surface area contributed by atoms with Crippen LogP contribution in [-0.4, -0.2) is 22.3 Å². The standard InChI is InChI=1S/C25H29N3O5/c1-16(2)23(27-25(31)32-15-19-7-5-4-6-8-19)21-13-22(33-28-21)17(3)24(30)26-20-11-9-18(14-29)10-12-20/h4-13,16-17,23,29H,14-15H2,1-3H3,(H,26,30)(H,27,31)/t17-,23-/m0/s1. The highest BCUT2D eigenvalue weighted by Crippen LogP contribution is 2.26. The Labute approximate surface area is 192 Å². The van der Waals surface area contributed by atoms with Gasteiger partial charge >= 0.3 is 6.09 Å². The summed E-state index contributed by atoms with van der Waals surface area (Å²) >= 11 is 0. The number of carbonyl (C=O) groups excluding carboxylic acids is 2. The van der Waals surface area contributed by atoms with Crippen LogP contribution in [0.5, 0.6) is 0 Å². The normalized spacial score (nSPS) is 12.8. The number of ether oxygens (including phenoxy) is 1. The van der Waals surface area contributed by atoms with Gasteiger partial charge in [-0.05, 0) is 36.1 Å². The van der Waals surface area contributed by atoms with E-state index < -0.39 is 18.1 Å². The fraction of sp³-hybridized carbons (Fsp3) is 0.320. The molecule has 8 nitrogen and oxygen atoms in total. The van der Waals surface area contributed by atoms with E-state index in [2.05, 4.69) is 15.8 Å². The summed E-state index contributed by atoms with van der Waals surface area (Å²) in [5.74, 6) is -0.451. The molecule has 8 heteroatoms. The first-order valence-corrected chi connectivity index (χ1v) is 10.8. The van der Waals surface area contributed by atoms with Crippen LogP contribution in [0.2, 0.25) is 0 Å². The summed E-state index contributed by atoms with van der Waals surface area (Å²) in [6, 6.07) is 17.6. The third kappa shape index (κ3) is 6.66. The van der Waals surface area contributed by atoms with Gasteiger partial charge in [0.2, 0.25) is 5.91 Å². The van der Waals surface area contributed by atoms with Crippen molar-refractivity contribution < 1.29 is 24.0 Å². The first-order chi connectivity index (χ1) is 15.9. The number of amides is 2. The van der Waals surface area contributed by atoms with Gasteiger partial charge in [0.1, 0.15) is 18.1 Å². The second kappa shape index (κ2) is 11.3. The second-order valence-electron chi connectivity index (χ2n) is 8.15. The lowest BCUT2D eigenvalue weighted by Crippen LogP contribution is -2.32. The predicted molar refractivity (Wildman–Crippen MR) is 123 cm³/mol. The summed E-state index contributed by atoms with van der Waals surface area (Å²) in [4.78, 5) is 25.0. The molecule has 33 heavy (non-hydrogen) atoms. The summed E-state index contributed by atoms with van der Waals surface area (Å²) < 4.78 is 10.7. The minimum Gasteiger partial charge on any atom is -0.445 e. The zero-order valence-corrected chi connectivity index (χ0v) is 18.9. The van der Waals surface area contributed by atoms with Crippen LogP contribution in [0.15, 0.2) is 65.2 Å². The van der Waals surface area contributed by atoms with Gasteiger partial charge in [-0.2, -0.15) is 0 Å². The van der Waals surface area contributed by atoms with Crippen molar-refractivity contribution in [2.45, 2.75) is 45.9 Å². The van der Waals surface area contributed by atoms with Crippen LogP contribution in [-0.2, 0) is 22.7 Å². The highest BCUT2D eigenvalue weighted by molar-refractivity contribution is 5.95. The van der Waals surface area contributed by atoms with Crippen LogP contribution in [0.1, 0.15) is 55.3 Å². The lowest BCUT2D eigenvalue weighted by Gasteiger charge is -2.19. The number of hydrogen-bond donors (Lipinski definition) is 3. The van der Waals surface area contributed by atoms with E-state index in [1.807, 2.05) is 44.2 Å². The summed E-state index contributed by atoms with van der Waals surface area (Å²) in [5.41, 5.74) is 2.79. The third-order valence-corrected chi connectivity index (χ3v) is 5.24. The first kappa shape index (κ1) is 24.0. The molecule has 0 radical (unpaired) electrons. The average molecular weight is 452 g/mol. The van der Waals surface area contributed by atoms with Gasteiger partial charge in [0, 0.05) is 11.8 Å². The molecular formula is C25H29N3O5. The average Bonchev–Trinajstić information content (AvgIpc) is 3.31. The Morgan fingerprint density at radius 2 is 1.73 bits per heavy atom. The number of nitrogens with one attached hydrogen (secondary N) is 2. The van der Waals surface area contributed by atoms with Crippen LogP contribution < -0.4 is 10.6 Å². The highest BCUT2D eigenvalue weighted by atomic mass is 16.5. The molecule has 0 saturated heterocycles. The molecule has 0 fully saturated rings. The monoisotopic (exact) mass is 451 g/mol. The van der Waals surface area contributed by atoms with E-state index in [9.17, 15) is 9.59 Å². The number of aliphatic hydroxyl groups excluding tert-OH is 1. The first-order valence-electron chi connectivity index (χ1n) is 10.8. The van der Waals surface area contributed by atoms with Crippen LogP contribution >= 0.6 is 0 Å². The molecule has 2 aromatic carbocycles. The minimum absolute atomic E-state index is 0.0152. The number of nitrogens with zero attached hydrogens (tertiary/aromatic N) is 1. The summed E-state index contributed by atoms with van der Waals surface area (Å²) in [7, 11) is 0. The van der Waals surface area contributed by atoms with Gasteiger partial charge in [0.25, 0.3) is 0 Å². The number of rotatable bonds is 9. The van der Waals surface area contributed by atoms with Crippen LogP contribution in [0.25, 0.3) is 0 Å². The maximum atomic E-state index is 12.6. The number of benzene rings is 2. The van der Waals surface area contributed by atoms with Crippen molar-refractivity contribution in [3.05, 3.63) is 83.2 Å². The molecule has 2 amide bonds. The van der Waals surface area contributed by atoms with Crippen molar-refractivity contribution in [2.75, 3.05) is 5.32 Å². The molecule has 0 bridgehead atoms. The Morgan fingerprint density at radius 3 is 2.36 bits per heavy atom. The van der Waals surface area contributed by atoms with Gasteiger partial charge in [-0.25, -0.2) is 4.79 Å². The van der Waals surface area contributed by atoms with Gasteiger partial charge in [0.05, 0.1) is 18.6 Å². The molecule has 0 spiro atoms. The molecule has 3 rings (SSSR count). The number of alkyl carbamates (subject to hydrolysis) is 1. The fourth-order valence-electron chi connectivity index (χ4n) is 3.20. The molecule has 0 aliphatic carbocycles. The molecule has 0 aliphatic heterocycles. The molecule has 0 unspecified atom stereocenters. The maximum absolute atomic E-state index is 12.6. The van der Waals surface area contributed by atoms with Crippen LogP contribution in [0.3, 0.4) is 0 Å². The van der Waals surface area contributed by atoms with Gasteiger partial charge in [0.15, 0.2) is 0 Å². The van der Waals surface area contributed by atoms with Gasteiger partial charge in [-0.15, -0.1) is 0 Å². The van der Waals surface area contributed by atoms with E-state index in [1.54, 1.807) is 37.3 Å². The van der Waals surface area contributed by atoms with Crippen molar-refractivity contribution >= 4 is 17.7 Å². The second-order valence-corrected chi connectivity index (χ2v) is 8.15. The molecule has 0 saturated carbocycles. The summed E-state index contributed by atoms with van der Waals surface area (Å²) in [6.45, 7) is 5.72. The van der Waals surface area contributed by atoms with E-state index in [4.69, 9.17) is 14.4 Å². The van der Waals surface area contributed by atoms with Crippen molar-refractivity contribution in [1.82, 2.24) is 10.5 Å². The lowest BCUT2D eigenvalue weighted by atomic mass is 9.99. The van der Waals surface area contributed by atoms with Gasteiger partial charge in [-0.3, -0.25) is 4.79 Å². The number of hydrogen-bond acceptors (Lipinski definition) is 6. The molecule has 0 aliphatic rings. The van der Waals surface area contributed by atoms with Crippen LogP contribution in [0, 0.1) is 5.92 Å². The van der Waals surface area contributed by atoms with Crippen molar-refractivity contribution in [3.8, 4) is 0 Å². The lowest BCUT2D eigenvalue weighted by molar-refractivity contribution is -0.117. The Kier molecular flexibility index (Phi) is 8.21. The molecule has 174 valence electrons. The quantitative estimate of drug-likeness (QED) is 0.440. The summed E-state index contributed by atoms with van der Waals surface area (Å²) in [6.07, 6.45) is -0.556. The molecule has 1 heterocycles. The van der Waals surface area contributed by atoms with E-state index in [0.29, 0.717) is 17.1 Å². The highest BCUT2D eigenvalue weighted by Gasteiger charge is 2.26. The van der Waals surface area contributed by atoms with Crippen LogP contribution in [0.4, 0.5) is 10.5 Å². The SMILES string of the molecule is CC(C)[C@H](NC(=O)OCc1ccccc1)c1cc([C@H](C)C(=O)Nc2ccc(CO)cc2)on1. The number of carbonyl (C=O) groups is 2. The molecule has 3 N–H and O–H groups in total. The number of aromatic nitrogens is 1. The minimum atomic E-state index is -0.596. The fourth-order valence-corrected chi connectivity index (χ4v) is 3.20. The topological polar surface area (TPSA) is 114 Å². The zero-order chi connectivity index (χ0) is 23.8. The van der Waals surface area contributed by atoms with E-state index >= 15 is 0 Å². The largest absolute Gasteiger partial charge is 0.445 e. The predicted octanol–water partition coefficient (Wildman–Crippen LogP) is 4.53. The Balaban J connectivity index is 1.61. The Hall–Kier alpha value is -3.65. The molecule has 3 aromatic rings. The van der Waals surface area contributed by atoms with E-state index in [-0.39, 0.29) is 25.0 Å². The molecular weight excluding hydrogens is 422 g/mol. The Morgan fingerprint density at radius 1 is 1.03 bits per heavy atom. The van der Waals surface area contributed by atoms with Gasteiger partial charge in [-0.1, -0.05) is 61.5 Å². The molecule has 2 atom stereocenters. The number of anilines is 1. The van der Waals surface area contributed by atoms with Gasteiger partial charge < -0.3 is 25.0 Å². The van der Waals surface area contributed by atoms with Crippen molar-refractivity contribution in [2.24, 2.45) is 5.92 Å². The zero-order valence-electron chi connectivity index (χ0n) is 18.9. The maximum Gasteiger partial charge on any atom is 0.408 e. The number of aliphatic hydroxyl groups is 1. The van der Waals surface area contributed by atoms with E-state index in [0.717, 1.165) is 11.1 Å². The third-order valence-electron chi connectivity index (χ3n) is 5.24. The summed E-state index contributed by atoms with van der Waals surface area (Å²) in [5, 5.41) is 18.9.